The average molecular weight is 638 g/mol. The normalized spacial score (nSPS) is 10.8. The van der Waals surface area contributed by atoms with Crippen molar-refractivity contribution in [2.75, 3.05) is 11.9 Å². The first kappa shape index (κ1) is 27.7. The van der Waals surface area contributed by atoms with Crippen LogP contribution in [-0.2, 0) is 16.2 Å². The van der Waals surface area contributed by atoms with Crippen LogP contribution in [-0.4, -0.2) is 24.6 Å². The lowest BCUT2D eigenvalue weighted by Gasteiger charge is -2.14. The van der Waals surface area contributed by atoms with Crippen molar-refractivity contribution in [3.63, 3.8) is 0 Å². The summed E-state index contributed by atoms with van der Waals surface area (Å²) in [5, 5.41) is 7.12. The number of hydrogen-bond acceptors (Lipinski definition) is 5. The highest BCUT2D eigenvalue weighted by atomic mass is 79.9. The number of aryl methyl sites for hydroxylation is 1. The standard InChI is InChI=1S/C26H24Br2ClN3O4/c1-3-35-23-11-18(10-21(28)26(23)36-15-17-5-7-19(27)8-6-17)14-30-32-25(34)13-24(33)31-20-9-4-16(2)22(29)12-20/h4-12,14H,3,13,15H2,1-2H3,(H,31,33)(H,32,34). The Bertz CT molecular complexity index is 1270. The van der Waals surface area contributed by atoms with Gasteiger partial charge in [-0.15, -0.1) is 0 Å². The Kier molecular flexibility index (Phi) is 10.3. The van der Waals surface area contributed by atoms with Crippen LogP contribution < -0.4 is 20.2 Å². The van der Waals surface area contributed by atoms with Crippen LogP contribution in [0.25, 0.3) is 0 Å². The lowest BCUT2D eigenvalue weighted by atomic mass is 10.2. The van der Waals surface area contributed by atoms with Crippen LogP contribution in [0.1, 0.15) is 30.0 Å². The van der Waals surface area contributed by atoms with Crippen molar-refractivity contribution >= 4 is 67.2 Å². The Morgan fingerprint density at radius 2 is 1.78 bits per heavy atom. The molecule has 0 bridgehead atoms. The number of nitrogens with one attached hydrogen (secondary N) is 2. The summed E-state index contributed by atoms with van der Waals surface area (Å²) in [6.45, 7) is 4.55. The van der Waals surface area contributed by atoms with Crippen molar-refractivity contribution in [3.8, 4) is 11.5 Å². The van der Waals surface area contributed by atoms with Gasteiger partial charge >= 0.3 is 0 Å². The number of hydrazone groups is 1. The molecule has 0 aliphatic heterocycles. The van der Waals surface area contributed by atoms with E-state index in [1.165, 1.54) is 6.21 Å². The third-order valence-corrected chi connectivity index (χ3v) is 6.33. The van der Waals surface area contributed by atoms with E-state index in [1.807, 2.05) is 38.1 Å². The van der Waals surface area contributed by atoms with E-state index in [0.29, 0.717) is 45.5 Å². The molecular weight excluding hydrogens is 614 g/mol. The minimum Gasteiger partial charge on any atom is -0.490 e. The molecule has 0 fully saturated rings. The molecular formula is C26H24Br2ClN3O4. The number of amides is 2. The van der Waals surface area contributed by atoms with E-state index < -0.39 is 11.8 Å². The first-order valence-electron chi connectivity index (χ1n) is 11.0. The van der Waals surface area contributed by atoms with Crippen LogP contribution in [0, 0.1) is 6.92 Å². The van der Waals surface area contributed by atoms with E-state index >= 15 is 0 Å². The Labute approximate surface area is 231 Å². The fraction of sp³-hybridized carbons (Fsp3) is 0.192. The molecule has 0 heterocycles. The van der Waals surface area contributed by atoms with Gasteiger partial charge in [0.05, 0.1) is 17.3 Å². The largest absolute Gasteiger partial charge is 0.490 e. The lowest BCUT2D eigenvalue weighted by molar-refractivity contribution is -0.126. The molecule has 3 aromatic rings. The maximum Gasteiger partial charge on any atom is 0.249 e. The van der Waals surface area contributed by atoms with Crippen molar-refractivity contribution in [2.24, 2.45) is 5.10 Å². The number of anilines is 1. The zero-order chi connectivity index (χ0) is 26.1. The zero-order valence-electron chi connectivity index (χ0n) is 19.6. The van der Waals surface area contributed by atoms with E-state index in [4.69, 9.17) is 21.1 Å². The molecule has 2 N–H and O–H groups in total. The van der Waals surface area contributed by atoms with Crippen LogP contribution in [0.15, 0.2) is 68.6 Å². The molecule has 7 nitrogen and oxygen atoms in total. The van der Waals surface area contributed by atoms with Gasteiger partial charge in [-0.05, 0) is 82.9 Å². The molecule has 0 spiro atoms. The third kappa shape index (κ3) is 8.36. The molecule has 3 aromatic carbocycles. The van der Waals surface area contributed by atoms with E-state index in [9.17, 15) is 9.59 Å². The predicted molar refractivity (Wildman–Crippen MR) is 149 cm³/mol. The second kappa shape index (κ2) is 13.4. The number of rotatable bonds is 10. The summed E-state index contributed by atoms with van der Waals surface area (Å²) < 4.78 is 13.4. The summed E-state index contributed by atoms with van der Waals surface area (Å²) in [6, 6.07) is 16.5. The van der Waals surface area contributed by atoms with Gasteiger partial charge in [0, 0.05) is 15.2 Å². The van der Waals surface area contributed by atoms with Crippen molar-refractivity contribution < 1.29 is 19.1 Å². The summed E-state index contributed by atoms with van der Waals surface area (Å²) in [6.07, 6.45) is 1.07. The molecule has 0 saturated carbocycles. The molecule has 0 saturated heterocycles. The van der Waals surface area contributed by atoms with Crippen LogP contribution in [0.4, 0.5) is 5.69 Å². The van der Waals surface area contributed by atoms with Gasteiger partial charge in [0.15, 0.2) is 11.5 Å². The lowest BCUT2D eigenvalue weighted by Crippen LogP contribution is -2.24. The van der Waals surface area contributed by atoms with Crippen molar-refractivity contribution in [2.45, 2.75) is 26.9 Å². The third-order valence-electron chi connectivity index (χ3n) is 4.81. The number of benzene rings is 3. The minimum atomic E-state index is -0.555. The Morgan fingerprint density at radius 1 is 1.03 bits per heavy atom. The van der Waals surface area contributed by atoms with Gasteiger partial charge in [-0.2, -0.15) is 5.10 Å². The number of hydrogen-bond donors (Lipinski definition) is 2. The average Bonchev–Trinajstić information content (AvgIpc) is 2.82. The van der Waals surface area contributed by atoms with Gasteiger partial charge < -0.3 is 14.8 Å². The van der Waals surface area contributed by atoms with Crippen LogP contribution in [0.3, 0.4) is 0 Å². The SMILES string of the molecule is CCOc1cc(C=NNC(=O)CC(=O)Nc2ccc(C)c(Cl)c2)cc(Br)c1OCc1ccc(Br)cc1. The maximum atomic E-state index is 12.1. The minimum absolute atomic E-state index is 0.367. The first-order valence-corrected chi connectivity index (χ1v) is 12.9. The van der Waals surface area contributed by atoms with Gasteiger partial charge in [0.1, 0.15) is 13.0 Å². The number of carbonyl (C=O) groups excluding carboxylic acids is 2. The molecule has 0 aliphatic carbocycles. The van der Waals surface area contributed by atoms with E-state index in [0.717, 1.165) is 15.6 Å². The topological polar surface area (TPSA) is 89.0 Å². The fourth-order valence-corrected chi connectivity index (χ4v) is 4.06. The monoisotopic (exact) mass is 635 g/mol. The molecule has 10 heteroatoms. The zero-order valence-corrected chi connectivity index (χ0v) is 23.5. The number of ether oxygens (including phenoxy) is 2. The molecule has 0 aromatic heterocycles. The molecule has 36 heavy (non-hydrogen) atoms. The van der Waals surface area contributed by atoms with Gasteiger partial charge in [-0.3, -0.25) is 9.59 Å². The molecule has 2 amide bonds. The number of nitrogens with zero attached hydrogens (tertiary/aromatic N) is 1. The van der Waals surface area contributed by atoms with Gasteiger partial charge in [-0.25, -0.2) is 5.43 Å². The number of halogens is 3. The van der Waals surface area contributed by atoms with E-state index in [2.05, 4.69) is 47.7 Å². The smallest absolute Gasteiger partial charge is 0.249 e. The fourth-order valence-electron chi connectivity index (χ4n) is 3.04. The van der Waals surface area contributed by atoms with Crippen LogP contribution in [0.5, 0.6) is 11.5 Å². The first-order chi connectivity index (χ1) is 17.2. The van der Waals surface area contributed by atoms with Gasteiger partial charge in [-0.1, -0.05) is 45.7 Å². The van der Waals surface area contributed by atoms with Crippen molar-refractivity contribution in [1.82, 2.24) is 5.43 Å². The van der Waals surface area contributed by atoms with Crippen molar-refractivity contribution in [1.29, 1.82) is 0 Å². The van der Waals surface area contributed by atoms with Crippen LogP contribution in [0.2, 0.25) is 5.02 Å². The van der Waals surface area contributed by atoms with Gasteiger partial charge in [0.2, 0.25) is 11.8 Å². The Hall–Kier alpha value is -2.88. The molecule has 188 valence electrons. The summed E-state index contributed by atoms with van der Waals surface area (Å²) >= 11 is 13.0. The molecule has 0 aliphatic rings. The number of carbonyl (C=O) groups is 2. The highest BCUT2D eigenvalue weighted by Gasteiger charge is 2.13. The Morgan fingerprint density at radius 3 is 2.47 bits per heavy atom. The van der Waals surface area contributed by atoms with E-state index in [-0.39, 0.29) is 6.42 Å². The maximum absolute atomic E-state index is 12.1. The summed E-state index contributed by atoms with van der Waals surface area (Å²) in [4.78, 5) is 24.2. The van der Waals surface area contributed by atoms with Crippen molar-refractivity contribution in [3.05, 3.63) is 85.3 Å². The molecule has 0 radical (unpaired) electrons. The highest BCUT2D eigenvalue weighted by molar-refractivity contribution is 9.10. The molecule has 3 rings (SSSR count). The van der Waals surface area contributed by atoms with Gasteiger partial charge in [0.25, 0.3) is 0 Å². The van der Waals surface area contributed by atoms with Crippen LogP contribution >= 0.6 is 43.5 Å². The predicted octanol–water partition coefficient (Wildman–Crippen LogP) is 6.63. The molecule has 0 atom stereocenters. The second-order valence-electron chi connectivity index (χ2n) is 7.66. The summed E-state index contributed by atoms with van der Waals surface area (Å²) in [5.41, 5.74) is 5.44. The summed E-state index contributed by atoms with van der Waals surface area (Å²) in [5.74, 6) is 0.0681. The summed E-state index contributed by atoms with van der Waals surface area (Å²) in [7, 11) is 0. The quantitative estimate of drug-likeness (QED) is 0.148. The highest BCUT2D eigenvalue weighted by Crippen LogP contribution is 2.37. The second-order valence-corrected chi connectivity index (χ2v) is 9.84. The van der Waals surface area contributed by atoms with E-state index in [1.54, 1.807) is 30.3 Å². The Balaban J connectivity index is 1.59. The molecule has 0 unspecified atom stereocenters.